The van der Waals surface area contributed by atoms with Crippen molar-refractivity contribution in [1.29, 1.82) is 0 Å². The van der Waals surface area contributed by atoms with Gasteiger partial charge < -0.3 is 14.6 Å². The number of carboxylic acid groups (broad SMARTS) is 1. The second kappa shape index (κ2) is 9.75. The molecule has 0 atom stereocenters. The van der Waals surface area contributed by atoms with Crippen molar-refractivity contribution in [1.82, 2.24) is 19.4 Å². The normalized spacial score (nSPS) is 11.5. The Kier molecular flexibility index (Phi) is 7.55. The molecule has 1 heterocycles. The number of sulfonamides is 2. The summed E-state index contributed by atoms with van der Waals surface area (Å²) < 4.78 is 61.9. The van der Waals surface area contributed by atoms with Crippen LogP contribution in [0.2, 0.25) is 0 Å². The molecule has 0 bridgehead atoms. The summed E-state index contributed by atoms with van der Waals surface area (Å²) in [4.78, 5) is 30.5. The molecule has 0 unspecified atom stereocenters. The van der Waals surface area contributed by atoms with E-state index >= 15 is 0 Å². The standard InChI is InChI=1S/C16H19N5O9S2/c1-29-12-7-13(30-2)19-15(18-12)20-16(24)21-32(27,28)11-6-9(14(22)23)4-5-10(11)8-17-31(3,25)26/h4-7,17H,8H2,1-3H3,(H,22,23)(H2,18,19,20,21,24). The fourth-order valence-corrected chi connectivity index (χ4v) is 3.86. The number of aromatic nitrogens is 2. The minimum absolute atomic E-state index is 0.0262. The lowest BCUT2D eigenvalue weighted by Crippen LogP contribution is -2.36. The molecular formula is C16H19N5O9S2. The number of hydrogen-bond acceptors (Lipinski definition) is 10. The Hall–Kier alpha value is -3.50. The minimum Gasteiger partial charge on any atom is -0.481 e. The van der Waals surface area contributed by atoms with Gasteiger partial charge in [0.05, 0.1) is 37.0 Å². The van der Waals surface area contributed by atoms with Gasteiger partial charge in [0, 0.05) is 6.54 Å². The first-order valence-electron chi connectivity index (χ1n) is 8.46. The van der Waals surface area contributed by atoms with Gasteiger partial charge in [-0.2, -0.15) is 9.97 Å². The number of rotatable bonds is 9. The van der Waals surface area contributed by atoms with Crippen LogP contribution >= 0.6 is 0 Å². The van der Waals surface area contributed by atoms with Crippen LogP contribution in [0.3, 0.4) is 0 Å². The van der Waals surface area contributed by atoms with Crippen molar-refractivity contribution < 1.29 is 41.0 Å². The van der Waals surface area contributed by atoms with Crippen molar-refractivity contribution in [2.24, 2.45) is 0 Å². The quantitative estimate of drug-likeness (QED) is 0.361. The Morgan fingerprint density at radius 2 is 1.62 bits per heavy atom. The molecule has 4 N–H and O–H groups in total. The fourth-order valence-electron chi connectivity index (χ4n) is 2.27. The summed E-state index contributed by atoms with van der Waals surface area (Å²) in [6.07, 6.45) is 0.862. The van der Waals surface area contributed by atoms with Crippen LogP contribution < -0.4 is 24.2 Å². The number of hydrogen-bond donors (Lipinski definition) is 4. The third kappa shape index (κ3) is 6.76. The lowest BCUT2D eigenvalue weighted by molar-refractivity contribution is 0.0696. The number of urea groups is 1. The number of ether oxygens (including phenoxy) is 2. The van der Waals surface area contributed by atoms with Gasteiger partial charge in [0.1, 0.15) is 0 Å². The average Bonchev–Trinajstić information content (AvgIpc) is 2.70. The summed E-state index contributed by atoms with van der Waals surface area (Å²) in [5.74, 6) is -1.71. The van der Waals surface area contributed by atoms with Crippen LogP contribution in [0.4, 0.5) is 10.7 Å². The lowest BCUT2D eigenvalue weighted by atomic mass is 10.1. The van der Waals surface area contributed by atoms with E-state index in [-0.39, 0.29) is 23.3 Å². The Balaban J connectivity index is 2.34. The number of anilines is 1. The van der Waals surface area contributed by atoms with Crippen LogP contribution in [0.25, 0.3) is 0 Å². The minimum atomic E-state index is -4.64. The summed E-state index contributed by atoms with van der Waals surface area (Å²) in [5.41, 5.74) is -0.491. The predicted molar refractivity (Wildman–Crippen MR) is 110 cm³/mol. The molecule has 2 rings (SSSR count). The Morgan fingerprint density at radius 3 is 2.12 bits per heavy atom. The molecule has 14 nitrogen and oxygen atoms in total. The van der Waals surface area contributed by atoms with Crippen molar-refractivity contribution in [3.05, 3.63) is 35.4 Å². The summed E-state index contributed by atoms with van der Waals surface area (Å²) >= 11 is 0. The van der Waals surface area contributed by atoms with E-state index < -0.39 is 49.1 Å². The molecular weight excluding hydrogens is 470 g/mol. The molecule has 2 aromatic rings. The molecule has 0 radical (unpaired) electrons. The highest BCUT2D eigenvalue weighted by molar-refractivity contribution is 7.90. The third-order valence-corrected chi connectivity index (χ3v) is 5.76. The number of amides is 2. The number of carboxylic acids is 1. The molecule has 0 aliphatic rings. The molecule has 2 amide bonds. The van der Waals surface area contributed by atoms with Crippen LogP contribution in [0.15, 0.2) is 29.2 Å². The van der Waals surface area contributed by atoms with E-state index in [4.69, 9.17) is 14.6 Å². The van der Waals surface area contributed by atoms with Gasteiger partial charge in [0.25, 0.3) is 10.0 Å². The molecule has 32 heavy (non-hydrogen) atoms. The van der Waals surface area contributed by atoms with E-state index in [1.54, 1.807) is 4.72 Å². The number of benzene rings is 1. The van der Waals surface area contributed by atoms with E-state index in [1.807, 2.05) is 0 Å². The van der Waals surface area contributed by atoms with Gasteiger partial charge in [0.2, 0.25) is 27.7 Å². The molecule has 1 aromatic heterocycles. The zero-order valence-electron chi connectivity index (χ0n) is 16.9. The van der Waals surface area contributed by atoms with Gasteiger partial charge in [-0.1, -0.05) is 6.07 Å². The molecule has 1 aromatic carbocycles. The van der Waals surface area contributed by atoms with Crippen LogP contribution in [-0.4, -0.2) is 64.4 Å². The van der Waals surface area contributed by atoms with Gasteiger partial charge in [-0.15, -0.1) is 0 Å². The van der Waals surface area contributed by atoms with E-state index in [9.17, 15) is 26.4 Å². The molecule has 174 valence electrons. The highest BCUT2D eigenvalue weighted by Gasteiger charge is 2.24. The zero-order chi connectivity index (χ0) is 24.1. The van der Waals surface area contributed by atoms with Crippen LogP contribution in [0, 0.1) is 0 Å². The largest absolute Gasteiger partial charge is 0.481 e. The number of aromatic carboxylic acids is 1. The first-order chi connectivity index (χ1) is 14.8. The Bertz CT molecular complexity index is 1220. The highest BCUT2D eigenvalue weighted by Crippen LogP contribution is 2.20. The van der Waals surface area contributed by atoms with E-state index in [0.717, 1.165) is 24.5 Å². The second-order valence-electron chi connectivity index (χ2n) is 6.06. The fraction of sp³-hybridized carbons (Fsp3) is 0.250. The summed E-state index contributed by atoms with van der Waals surface area (Å²) in [5, 5.41) is 11.2. The van der Waals surface area contributed by atoms with Crippen molar-refractivity contribution in [2.75, 3.05) is 25.8 Å². The van der Waals surface area contributed by atoms with Gasteiger partial charge >= 0.3 is 12.0 Å². The van der Waals surface area contributed by atoms with Crippen molar-refractivity contribution in [3.8, 4) is 11.8 Å². The predicted octanol–water partition coefficient (Wildman–Crippen LogP) is -0.248. The zero-order valence-corrected chi connectivity index (χ0v) is 18.6. The number of nitrogens with zero attached hydrogens (tertiary/aromatic N) is 2. The van der Waals surface area contributed by atoms with Crippen LogP contribution in [-0.2, 0) is 26.6 Å². The first kappa shape index (κ1) is 24.8. The smallest absolute Gasteiger partial charge is 0.335 e. The summed E-state index contributed by atoms with van der Waals surface area (Å²) in [6, 6.07) is 3.05. The SMILES string of the molecule is COc1cc(OC)nc(NC(=O)NS(=O)(=O)c2cc(C(=O)O)ccc2CNS(C)(=O)=O)n1. The molecule has 0 spiro atoms. The lowest BCUT2D eigenvalue weighted by Gasteiger charge is -2.13. The van der Waals surface area contributed by atoms with E-state index in [1.165, 1.54) is 20.3 Å². The second-order valence-corrected chi connectivity index (χ2v) is 9.54. The molecule has 0 aliphatic carbocycles. The summed E-state index contributed by atoms with van der Waals surface area (Å²) in [6.45, 7) is -0.465. The van der Waals surface area contributed by atoms with Crippen LogP contribution in [0.1, 0.15) is 15.9 Å². The first-order valence-corrected chi connectivity index (χ1v) is 11.8. The maximum Gasteiger partial charge on any atom is 0.335 e. The molecule has 0 saturated heterocycles. The van der Waals surface area contributed by atoms with Crippen molar-refractivity contribution in [3.63, 3.8) is 0 Å². The topological polar surface area (TPSA) is 203 Å². The van der Waals surface area contributed by atoms with Gasteiger partial charge in [-0.3, -0.25) is 5.32 Å². The molecule has 16 heteroatoms. The Morgan fingerprint density at radius 1 is 1.03 bits per heavy atom. The maximum atomic E-state index is 12.8. The highest BCUT2D eigenvalue weighted by atomic mass is 32.2. The molecule has 0 fully saturated rings. The molecule has 0 aliphatic heterocycles. The maximum absolute atomic E-state index is 12.8. The van der Waals surface area contributed by atoms with Gasteiger partial charge in [-0.25, -0.2) is 35.9 Å². The van der Waals surface area contributed by atoms with Gasteiger partial charge in [0.15, 0.2) is 0 Å². The van der Waals surface area contributed by atoms with Crippen molar-refractivity contribution >= 4 is 38.0 Å². The molecule has 0 saturated carbocycles. The monoisotopic (exact) mass is 489 g/mol. The van der Waals surface area contributed by atoms with Crippen LogP contribution in [0.5, 0.6) is 11.8 Å². The van der Waals surface area contributed by atoms with E-state index in [0.29, 0.717) is 0 Å². The Labute approximate surface area is 183 Å². The number of methoxy groups -OCH3 is 2. The number of nitrogens with one attached hydrogen (secondary N) is 3. The number of carbonyl (C=O) groups is 2. The number of carbonyl (C=O) groups excluding carboxylic acids is 1. The average molecular weight is 489 g/mol. The third-order valence-electron chi connectivity index (χ3n) is 3.68. The summed E-state index contributed by atoms with van der Waals surface area (Å²) in [7, 11) is -5.73. The van der Waals surface area contributed by atoms with E-state index in [2.05, 4.69) is 20.0 Å². The van der Waals surface area contributed by atoms with Gasteiger partial charge in [-0.05, 0) is 17.7 Å². The van der Waals surface area contributed by atoms with Crippen molar-refractivity contribution in [2.45, 2.75) is 11.4 Å².